The molecule has 1 aliphatic rings. The van der Waals surface area contributed by atoms with E-state index < -0.39 is 0 Å². The number of aliphatic hydroxyl groups excluding tert-OH is 1. The van der Waals surface area contributed by atoms with Gasteiger partial charge >= 0.3 is 0 Å². The maximum atomic E-state index is 8.91. The van der Waals surface area contributed by atoms with Crippen molar-refractivity contribution in [1.82, 2.24) is 0 Å². The Morgan fingerprint density at radius 1 is 1.00 bits per heavy atom. The molecule has 1 saturated heterocycles. The third-order valence-corrected chi connectivity index (χ3v) is 3.44. The highest BCUT2D eigenvalue weighted by Gasteiger charge is 2.28. The average Bonchev–Trinajstić information content (AvgIpc) is 2.51. The Morgan fingerprint density at radius 3 is 2.22 bits per heavy atom. The largest absolute Gasteiger partial charge is 0.392 e. The summed E-state index contributed by atoms with van der Waals surface area (Å²) in [7, 11) is 0. The smallest absolute Gasteiger partial charge is 0.179 e. The lowest BCUT2D eigenvalue weighted by atomic mass is 9.95. The van der Waals surface area contributed by atoms with Crippen LogP contribution in [-0.2, 0) is 9.47 Å². The van der Waals surface area contributed by atoms with Gasteiger partial charge in [0, 0.05) is 5.41 Å². The predicted molar refractivity (Wildman–Crippen MR) is 96.1 cm³/mol. The van der Waals surface area contributed by atoms with Gasteiger partial charge in [-0.2, -0.15) is 0 Å². The first-order valence-electron chi connectivity index (χ1n) is 8.04. The minimum atomic E-state index is -0.232. The van der Waals surface area contributed by atoms with Gasteiger partial charge in [-0.3, -0.25) is 0 Å². The fraction of sp³-hybridized carbons (Fsp3) is 0.500. The summed E-state index contributed by atoms with van der Waals surface area (Å²) < 4.78 is 11.5. The highest BCUT2D eigenvalue weighted by molar-refractivity contribution is 5.27. The van der Waals surface area contributed by atoms with E-state index in [-0.39, 0.29) is 18.3 Å². The highest BCUT2D eigenvalue weighted by Crippen LogP contribution is 2.25. The van der Waals surface area contributed by atoms with E-state index in [1.165, 1.54) is 0 Å². The molecule has 0 unspecified atom stereocenters. The first-order valence-corrected chi connectivity index (χ1v) is 8.04. The van der Waals surface area contributed by atoms with E-state index in [4.69, 9.17) is 14.6 Å². The van der Waals surface area contributed by atoms with Crippen molar-refractivity contribution in [3.05, 3.63) is 59.3 Å². The summed E-state index contributed by atoms with van der Waals surface area (Å²) in [5.74, 6) is 0. The van der Waals surface area contributed by atoms with E-state index in [0.717, 1.165) is 29.9 Å². The van der Waals surface area contributed by atoms with Crippen LogP contribution in [0, 0.1) is 5.41 Å². The molecule has 0 amide bonds. The van der Waals surface area contributed by atoms with Crippen LogP contribution in [0.5, 0.6) is 0 Å². The van der Waals surface area contributed by atoms with Crippen molar-refractivity contribution in [3.63, 3.8) is 0 Å². The van der Waals surface area contributed by atoms with Crippen LogP contribution in [-0.4, -0.2) is 31.2 Å². The SMILES string of the molecule is C/C(=C/C=C/C=C(C)/C=C/C=C(\C)CO)C1OCC(C)(C)CO1. The van der Waals surface area contributed by atoms with E-state index in [0.29, 0.717) is 0 Å². The molecule has 0 bridgehead atoms. The van der Waals surface area contributed by atoms with Gasteiger partial charge in [-0.15, -0.1) is 0 Å². The van der Waals surface area contributed by atoms with Gasteiger partial charge < -0.3 is 14.6 Å². The predicted octanol–water partition coefficient (Wildman–Crippen LogP) is 4.33. The zero-order valence-electron chi connectivity index (χ0n) is 15.0. The lowest BCUT2D eigenvalue weighted by molar-refractivity contribution is -0.202. The molecule has 1 N–H and O–H groups in total. The Labute approximate surface area is 140 Å². The molecule has 0 aliphatic carbocycles. The number of aliphatic hydroxyl groups is 1. The van der Waals surface area contributed by atoms with E-state index in [2.05, 4.69) is 13.8 Å². The van der Waals surface area contributed by atoms with Crippen molar-refractivity contribution in [2.75, 3.05) is 19.8 Å². The lowest BCUT2D eigenvalue weighted by Gasteiger charge is -2.34. The van der Waals surface area contributed by atoms with Gasteiger partial charge in [0.25, 0.3) is 0 Å². The molecule has 0 radical (unpaired) electrons. The standard InChI is InChI=1S/C20H30O3/c1-16(10-8-11-17(2)13-21)9-6-7-12-18(3)19-22-14-20(4,5)15-23-19/h6-12,19,21H,13-15H2,1-5H3/b7-6+,10-8+,16-9+,17-11+,18-12-. The molecule has 0 aromatic heterocycles. The third kappa shape index (κ3) is 8.12. The Morgan fingerprint density at radius 2 is 1.61 bits per heavy atom. The minimum Gasteiger partial charge on any atom is -0.392 e. The number of rotatable bonds is 6. The molecule has 1 heterocycles. The second-order valence-electron chi connectivity index (χ2n) is 6.85. The first kappa shape index (κ1) is 19.6. The van der Waals surface area contributed by atoms with Crippen molar-refractivity contribution in [2.24, 2.45) is 5.41 Å². The van der Waals surface area contributed by atoms with Crippen molar-refractivity contribution in [2.45, 2.75) is 40.9 Å². The van der Waals surface area contributed by atoms with E-state index >= 15 is 0 Å². The normalized spacial score (nSPS) is 21.6. The van der Waals surface area contributed by atoms with Gasteiger partial charge in [-0.05, 0) is 31.9 Å². The Hall–Kier alpha value is -1.42. The monoisotopic (exact) mass is 318 g/mol. The molecule has 3 heteroatoms. The maximum absolute atomic E-state index is 8.91. The zero-order valence-corrected chi connectivity index (χ0v) is 15.0. The number of allylic oxidation sites excluding steroid dienone is 8. The second kappa shape index (κ2) is 9.66. The molecule has 0 saturated carbocycles. The average molecular weight is 318 g/mol. The molecule has 3 nitrogen and oxygen atoms in total. The fourth-order valence-electron chi connectivity index (χ4n) is 1.92. The van der Waals surface area contributed by atoms with Crippen molar-refractivity contribution in [3.8, 4) is 0 Å². The molecule has 1 rings (SSSR count). The lowest BCUT2D eigenvalue weighted by Crippen LogP contribution is -2.38. The maximum Gasteiger partial charge on any atom is 0.179 e. The van der Waals surface area contributed by atoms with Crippen molar-refractivity contribution < 1.29 is 14.6 Å². The number of hydrogen-bond donors (Lipinski definition) is 1. The molecule has 0 spiro atoms. The summed E-state index contributed by atoms with van der Waals surface area (Å²) in [6, 6.07) is 0. The molecule has 23 heavy (non-hydrogen) atoms. The van der Waals surface area contributed by atoms with Gasteiger partial charge in [-0.25, -0.2) is 0 Å². The summed E-state index contributed by atoms with van der Waals surface area (Å²) in [5.41, 5.74) is 3.25. The van der Waals surface area contributed by atoms with Crippen LogP contribution in [0.1, 0.15) is 34.6 Å². The van der Waals surface area contributed by atoms with Crippen LogP contribution in [0.25, 0.3) is 0 Å². The fourth-order valence-corrected chi connectivity index (χ4v) is 1.92. The molecule has 0 aromatic rings. The molecule has 0 aromatic carbocycles. The van der Waals surface area contributed by atoms with Crippen LogP contribution in [0.2, 0.25) is 0 Å². The summed E-state index contributed by atoms with van der Waals surface area (Å²) in [6.07, 6.45) is 13.7. The second-order valence-corrected chi connectivity index (χ2v) is 6.85. The van der Waals surface area contributed by atoms with Crippen molar-refractivity contribution >= 4 is 0 Å². The molecular weight excluding hydrogens is 288 g/mol. The summed E-state index contributed by atoms with van der Waals surface area (Å²) in [6.45, 7) is 11.8. The first-order chi connectivity index (χ1) is 10.8. The topological polar surface area (TPSA) is 38.7 Å². The van der Waals surface area contributed by atoms with Crippen LogP contribution in [0.4, 0.5) is 0 Å². The summed E-state index contributed by atoms with van der Waals surface area (Å²) >= 11 is 0. The Bertz CT molecular complexity index is 509. The van der Waals surface area contributed by atoms with Crippen LogP contribution in [0.15, 0.2) is 59.3 Å². The van der Waals surface area contributed by atoms with Gasteiger partial charge in [0.1, 0.15) is 0 Å². The molecule has 128 valence electrons. The van der Waals surface area contributed by atoms with Crippen molar-refractivity contribution in [1.29, 1.82) is 0 Å². The molecular formula is C20H30O3. The minimum absolute atomic E-state index is 0.0968. The molecule has 1 fully saturated rings. The van der Waals surface area contributed by atoms with Crippen LogP contribution < -0.4 is 0 Å². The Kier molecular flexibility index (Phi) is 8.24. The van der Waals surface area contributed by atoms with Crippen LogP contribution >= 0.6 is 0 Å². The molecule has 1 aliphatic heterocycles. The van der Waals surface area contributed by atoms with Crippen LogP contribution in [0.3, 0.4) is 0 Å². The summed E-state index contributed by atoms with van der Waals surface area (Å²) in [5, 5.41) is 8.91. The number of hydrogen-bond acceptors (Lipinski definition) is 3. The van der Waals surface area contributed by atoms with Gasteiger partial charge in [-0.1, -0.05) is 62.0 Å². The van der Waals surface area contributed by atoms with E-state index in [1.807, 2.05) is 63.3 Å². The van der Waals surface area contributed by atoms with E-state index in [1.54, 1.807) is 0 Å². The van der Waals surface area contributed by atoms with Gasteiger partial charge in [0.2, 0.25) is 0 Å². The Balaban J connectivity index is 2.49. The zero-order chi connectivity index (χ0) is 17.3. The molecule has 0 atom stereocenters. The highest BCUT2D eigenvalue weighted by atomic mass is 16.7. The quantitative estimate of drug-likeness (QED) is 0.741. The van der Waals surface area contributed by atoms with Gasteiger partial charge in [0.05, 0.1) is 19.8 Å². The summed E-state index contributed by atoms with van der Waals surface area (Å²) in [4.78, 5) is 0. The third-order valence-electron chi connectivity index (χ3n) is 3.44. The van der Waals surface area contributed by atoms with Gasteiger partial charge in [0.15, 0.2) is 6.29 Å². The van der Waals surface area contributed by atoms with E-state index in [9.17, 15) is 0 Å². The number of ether oxygens (including phenoxy) is 2.